The minimum absolute atomic E-state index is 0.181. The van der Waals surface area contributed by atoms with Gasteiger partial charge in [-0.25, -0.2) is 9.37 Å². The number of methoxy groups -OCH3 is 1. The summed E-state index contributed by atoms with van der Waals surface area (Å²) in [6.45, 7) is 3.52. The highest BCUT2D eigenvalue weighted by atomic mass is 19.1. The van der Waals surface area contributed by atoms with E-state index in [1.54, 1.807) is 32.2 Å². The third-order valence-corrected chi connectivity index (χ3v) is 5.08. The molecule has 0 aliphatic heterocycles. The molecule has 0 atom stereocenters. The van der Waals surface area contributed by atoms with E-state index >= 15 is 0 Å². The predicted molar refractivity (Wildman–Crippen MR) is 122 cm³/mol. The monoisotopic (exact) mass is 415 g/mol. The molecule has 4 rings (SSSR count). The summed E-state index contributed by atoms with van der Waals surface area (Å²) in [5.41, 5.74) is 5.45. The first kappa shape index (κ1) is 20.3. The summed E-state index contributed by atoms with van der Waals surface area (Å²) >= 11 is 0. The molecule has 31 heavy (non-hydrogen) atoms. The van der Waals surface area contributed by atoms with Gasteiger partial charge in [0, 0.05) is 46.2 Å². The van der Waals surface area contributed by atoms with E-state index in [1.165, 1.54) is 19.3 Å². The van der Waals surface area contributed by atoms with Gasteiger partial charge in [0.05, 0.1) is 7.11 Å². The molecule has 6 heteroatoms. The molecule has 0 aliphatic rings. The molecule has 2 aromatic carbocycles. The fourth-order valence-corrected chi connectivity index (χ4v) is 3.54. The van der Waals surface area contributed by atoms with E-state index in [9.17, 15) is 9.18 Å². The summed E-state index contributed by atoms with van der Waals surface area (Å²) in [6, 6.07) is 12.8. The van der Waals surface area contributed by atoms with E-state index in [4.69, 9.17) is 4.74 Å². The average molecular weight is 415 g/mol. The summed E-state index contributed by atoms with van der Waals surface area (Å²) in [7, 11) is 1.53. The zero-order chi connectivity index (χ0) is 22.0. The number of aryl methyl sites for hydroxylation is 1. The van der Waals surface area contributed by atoms with Gasteiger partial charge in [-0.2, -0.15) is 0 Å². The van der Waals surface area contributed by atoms with Crippen LogP contribution in [0, 0.1) is 12.7 Å². The lowest BCUT2D eigenvalue weighted by molar-refractivity contribution is -0.111. The summed E-state index contributed by atoms with van der Waals surface area (Å²) in [4.78, 5) is 19.6. The third kappa shape index (κ3) is 4.05. The Balaban J connectivity index is 1.79. The van der Waals surface area contributed by atoms with Crippen molar-refractivity contribution in [1.82, 2.24) is 9.97 Å². The number of nitrogens with zero attached hydrogens (tertiary/aromatic N) is 1. The van der Waals surface area contributed by atoms with Gasteiger partial charge in [-0.05, 0) is 55.3 Å². The predicted octanol–water partition coefficient (Wildman–Crippen LogP) is 5.87. The number of aromatic amines is 1. The van der Waals surface area contributed by atoms with Crippen LogP contribution in [0.3, 0.4) is 0 Å². The van der Waals surface area contributed by atoms with Crippen molar-refractivity contribution in [3.8, 4) is 28.0 Å². The normalized spacial score (nSPS) is 11.2. The van der Waals surface area contributed by atoms with Crippen LogP contribution >= 0.6 is 0 Å². The molecule has 0 unspecified atom stereocenters. The smallest absolute Gasteiger partial charge is 0.248 e. The summed E-state index contributed by atoms with van der Waals surface area (Å²) in [5, 5.41) is 3.74. The van der Waals surface area contributed by atoms with Crippen LogP contribution in [-0.4, -0.2) is 23.0 Å². The number of pyridine rings is 1. The second kappa shape index (κ2) is 8.44. The average Bonchev–Trinajstić information content (AvgIpc) is 3.18. The number of amides is 1. The number of H-pyrrole nitrogens is 1. The molecule has 4 aromatic rings. The number of fused-ring (bicyclic) bond motifs is 1. The quantitative estimate of drug-likeness (QED) is 0.401. The molecule has 0 fully saturated rings. The van der Waals surface area contributed by atoms with Gasteiger partial charge in [0.1, 0.15) is 17.2 Å². The minimum atomic E-state index is -0.309. The molecule has 0 bridgehead atoms. The first-order valence-corrected chi connectivity index (χ1v) is 9.86. The molecular formula is C25H22FN3O2. The molecule has 0 saturated heterocycles. The molecule has 0 aliphatic carbocycles. The molecule has 0 spiro atoms. The maximum atomic E-state index is 14.0. The van der Waals surface area contributed by atoms with Crippen LogP contribution in [-0.2, 0) is 4.79 Å². The number of carbonyl (C=O) groups is 1. The largest absolute Gasteiger partial charge is 0.496 e. The van der Waals surface area contributed by atoms with Crippen molar-refractivity contribution in [3.05, 3.63) is 78.4 Å². The lowest BCUT2D eigenvalue weighted by Gasteiger charge is -2.10. The first-order chi connectivity index (χ1) is 15.0. The topological polar surface area (TPSA) is 67.0 Å². The number of ether oxygens (including phenoxy) is 1. The highest BCUT2D eigenvalue weighted by molar-refractivity contribution is 6.00. The van der Waals surface area contributed by atoms with Crippen molar-refractivity contribution in [2.45, 2.75) is 13.8 Å². The number of carbonyl (C=O) groups excluding carboxylic acids is 1. The molecule has 0 radical (unpaired) electrons. The van der Waals surface area contributed by atoms with Crippen LogP contribution in [0.4, 0.5) is 10.1 Å². The lowest BCUT2D eigenvalue weighted by Crippen LogP contribution is -2.07. The van der Waals surface area contributed by atoms with Crippen molar-refractivity contribution < 1.29 is 13.9 Å². The molecular weight excluding hydrogens is 393 g/mol. The van der Waals surface area contributed by atoms with E-state index in [-0.39, 0.29) is 11.7 Å². The summed E-state index contributed by atoms with van der Waals surface area (Å²) in [6.07, 6.45) is 6.80. The molecule has 2 N–H and O–H groups in total. The van der Waals surface area contributed by atoms with E-state index in [1.807, 2.05) is 36.5 Å². The Morgan fingerprint density at radius 3 is 2.77 bits per heavy atom. The highest BCUT2D eigenvalue weighted by Gasteiger charge is 2.15. The fraction of sp³-hybridized carbons (Fsp3) is 0.120. The zero-order valence-corrected chi connectivity index (χ0v) is 17.5. The maximum Gasteiger partial charge on any atom is 0.248 e. The standard InChI is InChI=1S/C25H22FN3O2/c1-4-6-24(30)29-18-8-5-7-16(10-18)17-11-20-21(14-28-25(20)27-13-17)19-9-15(2)22(26)12-23(19)31-3/h4-14H,1-3H3,(H,27,28)(H,29,30)/b6-4+. The van der Waals surface area contributed by atoms with Crippen LogP contribution < -0.4 is 10.1 Å². The van der Waals surface area contributed by atoms with E-state index in [0.29, 0.717) is 17.0 Å². The van der Waals surface area contributed by atoms with Gasteiger partial charge in [0.2, 0.25) is 5.91 Å². The Morgan fingerprint density at radius 2 is 2.00 bits per heavy atom. The van der Waals surface area contributed by atoms with Crippen molar-refractivity contribution >= 4 is 22.6 Å². The molecule has 0 saturated carbocycles. The van der Waals surface area contributed by atoms with Gasteiger partial charge in [-0.1, -0.05) is 18.2 Å². The zero-order valence-electron chi connectivity index (χ0n) is 17.5. The van der Waals surface area contributed by atoms with E-state index in [2.05, 4.69) is 15.3 Å². The van der Waals surface area contributed by atoms with Crippen molar-refractivity contribution in [3.63, 3.8) is 0 Å². The Hall–Kier alpha value is -3.93. The van der Waals surface area contributed by atoms with Gasteiger partial charge >= 0.3 is 0 Å². The summed E-state index contributed by atoms with van der Waals surface area (Å²) in [5.74, 6) is -0.0287. The van der Waals surface area contributed by atoms with Gasteiger partial charge < -0.3 is 15.0 Å². The maximum absolute atomic E-state index is 14.0. The Morgan fingerprint density at radius 1 is 1.16 bits per heavy atom. The van der Waals surface area contributed by atoms with E-state index < -0.39 is 0 Å². The summed E-state index contributed by atoms with van der Waals surface area (Å²) < 4.78 is 19.5. The molecule has 5 nitrogen and oxygen atoms in total. The van der Waals surface area contributed by atoms with Crippen molar-refractivity contribution in [2.75, 3.05) is 12.4 Å². The molecule has 1 amide bonds. The highest BCUT2D eigenvalue weighted by Crippen LogP contribution is 2.37. The van der Waals surface area contributed by atoms with Crippen molar-refractivity contribution in [2.24, 2.45) is 0 Å². The van der Waals surface area contributed by atoms with Crippen LogP contribution in [0.1, 0.15) is 12.5 Å². The van der Waals surface area contributed by atoms with Gasteiger partial charge in [0.15, 0.2) is 0 Å². The number of allylic oxidation sites excluding steroid dienone is 1. The number of anilines is 1. The number of benzene rings is 2. The third-order valence-electron chi connectivity index (χ3n) is 5.08. The minimum Gasteiger partial charge on any atom is -0.496 e. The second-order valence-electron chi connectivity index (χ2n) is 7.19. The number of halogens is 1. The number of rotatable bonds is 5. The Bertz CT molecular complexity index is 1310. The van der Waals surface area contributed by atoms with Gasteiger partial charge in [-0.15, -0.1) is 0 Å². The van der Waals surface area contributed by atoms with Crippen LogP contribution in [0.15, 0.2) is 67.0 Å². The SMILES string of the molecule is C/C=C/C(=O)Nc1cccc(-c2cnc3[nH]cc(-c4cc(C)c(F)cc4OC)c3c2)c1. The molecule has 2 aromatic heterocycles. The molecule has 2 heterocycles. The van der Waals surface area contributed by atoms with Crippen molar-refractivity contribution in [1.29, 1.82) is 0 Å². The lowest BCUT2D eigenvalue weighted by atomic mass is 10.00. The van der Waals surface area contributed by atoms with Crippen LogP contribution in [0.5, 0.6) is 5.75 Å². The Kier molecular flexibility index (Phi) is 5.54. The van der Waals surface area contributed by atoms with Gasteiger partial charge in [-0.3, -0.25) is 4.79 Å². The van der Waals surface area contributed by atoms with Gasteiger partial charge in [0.25, 0.3) is 0 Å². The van der Waals surface area contributed by atoms with Crippen LogP contribution in [0.2, 0.25) is 0 Å². The second-order valence-corrected chi connectivity index (χ2v) is 7.19. The molecule has 156 valence electrons. The Labute approximate surface area is 179 Å². The fourth-order valence-electron chi connectivity index (χ4n) is 3.54. The number of nitrogens with one attached hydrogen (secondary N) is 2. The number of hydrogen-bond acceptors (Lipinski definition) is 3. The first-order valence-electron chi connectivity index (χ1n) is 9.86. The van der Waals surface area contributed by atoms with E-state index in [0.717, 1.165) is 33.3 Å². The number of hydrogen-bond donors (Lipinski definition) is 2. The van der Waals surface area contributed by atoms with Crippen LogP contribution in [0.25, 0.3) is 33.3 Å². The number of aromatic nitrogens is 2.